The zero-order valence-corrected chi connectivity index (χ0v) is 18.9. The van der Waals surface area contributed by atoms with Crippen molar-refractivity contribution in [3.05, 3.63) is 30.1 Å². The van der Waals surface area contributed by atoms with Crippen molar-refractivity contribution < 1.29 is 4.74 Å². The molecule has 1 atom stereocenters. The number of likely N-dealkylation sites (tertiary alicyclic amines) is 1. The first-order chi connectivity index (χ1) is 13.3. The molecule has 0 spiro atoms. The van der Waals surface area contributed by atoms with E-state index in [-0.39, 0.29) is 24.0 Å². The third-order valence-corrected chi connectivity index (χ3v) is 5.55. The number of hydrogen-bond acceptors (Lipinski definition) is 4. The molecule has 7 nitrogen and oxygen atoms in total. The van der Waals surface area contributed by atoms with Gasteiger partial charge in [-0.2, -0.15) is 0 Å². The first-order valence-corrected chi connectivity index (χ1v) is 10.0. The maximum Gasteiger partial charge on any atom is 0.193 e. The van der Waals surface area contributed by atoms with Gasteiger partial charge in [-0.1, -0.05) is 12.1 Å². The molecule has 0 amide bonds. The maximum atomic E-state index is 5.48. The van der Waals surface area contributed by atoms with Gasteiger partial charge in [-0.3, -0.25) is 9.89 Å². The van der Waals surface area contributed by atoms with Gasteiger partial charge in [0.1, 0.15) is 5.82 Å². The molecule has 2 aliphatic rings. The number of aromatic nitrogens is 2. The van der Waals surface area contributed by atoms with E-state index in [1.54, 1.807) is 0 Å². The summed E-state index contributed by atoms with van der Waals surface area (Å²) >= 11 is 0. The summed E-state index contributed by atoms with van der Waals surface area (Å²) in [7, 11) is 1.88. The van der Waals surface area contributed by atoms with Gasteiger partial charge in [0.2, 0.25) is 0 Å². The molecule has 154 valence electrons. The number of para-hydroxylation sites is 2. The van der Waals surface area contributed by atoms with Crippen LogP contribution in [-0.2, 0) is 11.2 Å². The third-order valence-electron chi connectivity index (χ3n) is 5.55. The van der Waals surface area contributed by atoms with Crippen LogP contribution < -0.4 is 5.32 Å². The Bertz CT molecular complexity index is 740. The van der Waals surface area contributed by atoms with Gasteiger partial charge in [-0.15, -0.1) is 24.0 Å². The van der Waals surface area contributed by atoms with E-state index < -0.39 is 0 Å². The average molecular weight is 498 g/mol. The molecule has 2 fully saturated rings. The first kappa shape index (κ1) is 21.3. The smallest absolute Gasteiger partial charge is 0.193 e. The SMILES string of the molecule is CN=C(NCCCc1nc2ccccc2[nH]1)N1CCC(N2CCOCC2)C1.I. The lowest BCUT2D eigenvalue weighted by atomic mass is 10.2. The van der Waals surface area contributed by atoms with E-state index in [9.17, 15) is 0 Å². The molecule has 1 aromatic carbocycles. The number of ether oxygens (including phenoxy) is 1. The van der Waals surface area contributed by atoms with Gasteiger partial charge in [-0.25, -0.2) is 4.98 Å². The van der Waals surface area contributed by atoms with Crippen molar-refractivity contribution in [2.24, 2.45) is 4.99 Å². The lowest BCUT2D eigenvalue weighted by Gasteiger charge is -2.32. The number of imidazole rings is 1. The van der Waals surface area contributed by atoms with Gasteiger partial charge in [-0.05, 0) is 25.0 Å². The minimum atomic E-state index is 0. The summed E-state index contributed by atoms with van der Waals surface area (Å²) in [5.41, 5.74) is 2.16. The van der Waals surface area contributed by atoms with E-state index in [1.807, 2.05) is 25.2 Å². The molecule has 2 N–H and O–H groups in total. The highest BCUT2D eigenvalue weighted by Crippen LogP contribution is 2.17. The lowest BCUT2D eigenvalue weighted by Crippen LogP contribution is -2.46. The van der Waals surface area contributed by atoms with Crippen LogP contribution in [0.5, 0.6) is 0 Å². The van der Waals surface area contributed by atoms with E-state index in [2.05, 4.69) is 36.1 Å². The highest BCUT2D eigenvalue weighted by molar-refractivity contribution is 14.0. The fraction of sp³-hybridized carbons (Fsp3) is 0.600. The van der Waals surface area contributed by atoms with Crippen LogP contribution in [0.25, 0.3) is 11.0 Å². The molecule has 0 aliphatic carbocycles. The summed E-state index contributed by atoms with van der Waals surface area (Å²) in [6.45, 7) is 6.89. The molecule has 0 saturated carbocycles. The number of aliphatic imine (C=N–C) groups is 1. The fourth-order valence-electron chi connectivity index (χ4n) is 4.09. The van der Waals surface area contributed by atoms with Gasteiger partial charge in [0.05, 0.1) is 24.2 Å². The summed E-state index contributed by atoms with van der Waals surface area (Å²) in [4.78, 5) is 17.5. The van der Waals surface area contributed by atoms with Crippen molar-refractivity contribution in [2.75, 3.05) is 53.0 Å². The van der Waals surface area contributed by atoms with Crippen molar-refractivity contribution >= 4 is 41.0 Å². The standard InChI is InChI=1S/C20H30N6O.HI/c1-21-20(26-10-8-16(15-26)25-11-13-27-14-12-25)22-9-4-7-19-23-17-5-2-3-6-18(17)24-19;/h2-3,5-6,16H,4,7-15H2,1H3,(H,21,22)(H,23,24);1H. The number of nitrogens with one attached hydrogen (secondary N) is 2. The number of halogens is 1. The summed E-state index contributed by atoms with van der Waals surface area (Å²) in [5.74, 6) is 2.08. The van der Waals surface area contributed by atoms with E-state index in [0.29, 0.717) is 6.04 Å². The molecule has 8 heteroatoms. The minimum absolute atomic E-state index is 0. The van der Waals surface area contributed by atoms with Gasteiger partial charge >= 0.3 is 0 Å². The Morgan fingerprint density at radius 3 is 2.89 bits per heavy atom. The fourth-order valence-corrected chi connectivity index (χ4v) is 4.09. The zero-order valence-electron chi connectivity index (χ0n) is 16.6. The topological polar surface area (TPSA) is 68.8 Å². The molecule has 4 rings (SSSR count). The minimum Gasteiger partial charge on any atom is -0.379 e. The summed E-state index contributed by atoms with van der Waals surface area (Å²) < 4.78 is 5.48. The van der Waals surface area contributed by atoms with Crippen molar-refractivity contribution in [3.63, 3.8) is 0 Å². The van der Waals surface area contributed by atoms with E-state index >= 15 is 0 Å². The van der Waals surface area contributed by atoms with Gasteiger partial charge in [0, 0.05) is 52.2 Å². The Kier molecular flexibility index (Phi) is 7.92. The van der Waals surface area contributed by atoms with Crippen LogP contribution >= 0.6 is 24.0 Å². The number of aromatic amines is 1. The quantitative estimate of drug-likeness (QED) is 0.286. The Morgan fingerprint density at radius 1 is 1.29 bits per heavy atom. The van der Waals surface area contributed by atoms with Crippen LogP contribution in [-0.4, -0.2) is 84.8 Å². The second-order valence-electron chi connectivity index (χ2n) is 7.32. The number of hydrogen-bond donors (Lipinski definition) is 2. The van der Waals surface area contributed by atoms with E-state index in [0.717, 1.165) is 81.6 Å². The Hall–Kier alpha value is -1.39. The van der Waals surface area contributed by atoms with Gasteiger partial charge < -0.3 is 19.9 Å². The molecule has 1 unspecified atom stereocenters. The van der Waals surface area contributed by atoms with Crippen LogP contribution in [0.15, 0.2) is 29.3 Å². The van der Waals surface area contributed by atoms with Crippen LogP contribution in [0.1, 0.15) is 18.7 Å². The van der Waals surface area contributed by atoms with Crippen molar-refractivity contribution in [1.29, 1.82) is 0 Å². The highest BCUT2D eigenvalue weighted by atomic mass is 127. The predicted octanol–water partition coefficient (Wildman–Crippen LogP) is 2.10. The largest absolute Gasteiger partial charge is 0.379 e. The molecule has 1 aromatic heterocycles. The molecule has 3 heterocycles. The number of morpholine rings is 1. The Labute approximate surface area is 183 Å². The van der Waals surface area contributed by atoms with Crippen LogP contribution in [0.4, 0.5) is 0 Å². The second kappa shape index (κ2) is 10.4. The molecule has 0 bridgehead atoms. The zero-order chi connectivity index (χ0) is 18.5. The molecule has 2 aromatic rings. The summed E-state index contributed by atoms with van der Waals surface area (Å²) in [6.07, 6.45) is 3.17. The molecule has 2 saturated heterocycles. The molecule has 0 radical (unpaired) electrons. The third kappa shape index (κ3) is 5.15. The second-order valence-corrected chi connectivity index (χ2v) is 7.32. The van der Waals surface area contributed by atoms with E-state index in [4.69, 9.17) is 4.74 Å². The number of rotatable bonds is 5. The highest BCUT2D eigenvalue weighted by Gasteiger charge is 2.30. The number of guanidine groups is 1. The number of benzene rings is 1. The van der Waals surface area contributed by atoms with Gasteiger partial charge in [0.25, 0.3) is 0 Å². The summed E-state index contributed by atoms with van der Waals surface area (Å²) in [5, 5.41) is 3.53. The Morgan fingerprint density at radius 2 is 2.11 bits per heavy atom. The van der Waals surface area contributed by atoms with E-state index in [1.165, 1.54) is 6.42 Å². The molecular formula is C20H31IN6O. The van der Waals surface area contributed by atoms with Crippen LogP contribution in [0.3, 0.4) is 0 Å². The number of aryl methyl sites for hydroxylation is 1. The number of H-pyrrole nitrogens is 1. The van der Waals surface area contributed by atoms with Gasteiger partial charge in [0.15, 0.2) is 5.96 Å². The van der Waals surface area contributed by atoms with Crippen molar-refractivity contribution in [2.45, 2.75) is 25.3 Å². The maximum absolute atomic E-state index is 5.48. The predicted molar refractivity (Wildman–Crippen MR) is 124 cm³/mol. The summed E-state index contributed by atoms with van der Waals surface area (Å²) in [6, 6.07) is 8.81. The first-order valence-electron chi connectivity index (χ1n) is 10.0. The normalized spacial score (nSPS) is 21.1. The van der Waals surface area contributed by atoms with Crippen LogP contribution in [0.2, 0.25) is 0 Å². The molecule has 28 heavy (non-hydrogen) atoms. The van der Waals surface area contributed by atoms with Crippen molar-refractivity contribution in [1.82, 2.24) is 25.1 Å². The monoisotopic (exact) mass is 498 g/mol. The number of fused-ring (bicyclic) bond motifs is 1. The number of nitrogens with zero attached hydrogens (tertiary/aromatic N) is 4. The molecule has 2 aliphatic heterocycles. The lowest BCUT2D eigenvalue weighted by molar-refractivity contribution is 0.0195. The average Bonchev–Trinajstić information content (AvgIpc) is 3.35. The van der Waals surface area contributed by atoms with Crippen LogP contribution in [0, 0.1) is 0 Å². The molecular weight excluding hydrogens is 467 g/mol. The van der Waals surface area contributed by atoms with Crippen molar-refractivity contribution in [3.8, 4) is 0 Å². The Balaban J connectivity index is 0.00000225.